The number of likely N-dealkylation sites (N-methyl/N-ethyl adjacent to an activating group) is 1. The number of anilines is 1. The first-order valence-corrected chi connectivity index (χ1v) is 12.4. The Kier molecular flexibility index (Phi) is 6.35. The molecule has 4 rings (SSSR count). The number of nitrogens with zero attached hydrogens (tertiary/aromatic N) is 2. The Labute approximate surface area is 189 Å². The van der Waals surface area contributed by atoms with Crippen LogP contribution in [0.15, 0.2) is 53.4 Å². The summed E-state index contributed by atoms with van der Waals surface area (Å²) in [6.07, 6.45) is 3.58. The van der Waals surface area contributed by atoms with Crippen molar-refractivity contribution < 1.29 is 18.0 Å². The second kappa shape index (κ2) is 9.03. The van der Waals surface area contributed by atoms with Crippen molar-refractivity contribution in [2.45, 2.75) is 50.1 Å². The van der Waals surface area contributed by atoms with Crippen molar-refractivity contribution in [3.05, 3.63) is 59.7 Å². The zero-order chi connectivity index (χ0) is 22.9. The predicted molar refractivity (Wildman–Crippen MR) is 123 cm³/mol. The minimum Gasteiger partial charge on any atom is -0.351 e. The Hall–Kier alpha value is -2.71. The molecule has 2 aliphatic rings. The van der Waals surface area contributed by atoms with Crippen molar-refractivity contribution in [1.82, 2.24) is 9.62 Å². The summed E-state index contributed by atoms with van der Waals surface area (Å²) in [6.45, 7) is 2.07. The summed E-state index contributed by atoms with van der Waals surface area (Å²) in [7, 11) is -2.43. The van der Waals surface area contributed by atoms with Gasteiger partial charge in [-0.3, -0.25) is 9.59 Å². The molecule has 1 fully saturated rings. The third-order valence-corrected chi connectivity index (χ3v) is 8.16. The van der Waals surface area contributed by atoms with Crippen LogP contribution in [-0.4, -0.2) is 44.2 Å². The molecular formula is C24H29N3O4S. The number of benzene rings is 2. The molecule has 1 atom stereocenters. The van der Waals surface area contributed by atoms with E-state index in [-0.39, 0.29) is 35.2 Å². The maximum Gasteiger partial charge on any atom is 0.243 e. The lowest BCUT2D eigenvalue weighted by Gasteiger charge is -2.32. The monoisotopic (exact) mass is 455 g/mol. The molecule has 2 aromatic rings. The summed E-state index contributed by atoms with van der Waals surface area (Å²) < 4.78 is 27.2. The quantitative estimate of drug-likeness (QED) is 0.696. The van der Waals surface area contributed by atoms with Gasteiger partial charge in [0.15, 0.2) is 0 Å². The number of hydrogen-bond donors (Lipinski definition) is 1. The Morgan fingerprint density at radius 2 is 1.84 bits per heavy atom. The molecule has 32 heavy (non-hydrogen) atoms. The number of amides is 2. The van der Waals surface area contributed by atoms with Gasteiger partial charge >= 0.3 is 0 Å². The lowest BCUT2D eigenvalue weighted by molar-refractivity contribution is -0.125. The first kappa shape index (κ1) is 22.5. The van der Waals surface area contributed by atoms with Crippen molar-refractivity contribution in [1.29, 1.82) is 0 Å². The molecule has 1 aliphatic heterocycles. The van der Waals surface area contributed by atoms with E-state index in [0.29, 0.717) is 13.0 Å². The first-order chi connectivity index (χ1) is 15.3. The van der Waals surface area contributed by atoms with Gasteiger partial charge in [0.25, 0.3) is 0 Å². The highest BCUT2D eigenvalue weighted by Gasteiger charge is 2.37. The molecule has 0 saturated heterocycles. The molecule has 1 saturated carbocycles. The molecule has 0 bridgehead atoms. The van der Waals surface area contributed by atoms with Gasteiger partial charge in [-0.1, -0.05) is 36.8 Å². The van der Waals surface area contributed by atoms with Crippen LogP contribution in [0.2, 0.25) is 0 Å². The normalized spacial score (nSPS) is 18.3. The van der Waals surface area contributed by atoms with Gasteiger partial charge in [-0.05, 0) is 55.5 Å². The average Bonchev–Trinajstić information content (AvgIpc) is 3.06. The Morgan fingerprint density at radius 1 is 1.12 bits per heavy atom. The van der Waals surface area contributed by atoms with Crippen LogP contribution in [0.5, 0.6) is 0 Å². The molecule has 2 aromatic carbocycles. The van der Waals surface area contributed by atoms with Crippen LogP contribution in [0.4, 0.5) is 5.69 Å². The molecule has 1 heterocycles. The van der Waals surface area contributed by atoms with E-state index in [1.807, 2.05) is 42.2 Å². The van der Waals surface area contributed by atoms with E-state index < -0.39 is 10.0 Å². The Balaban J connectivity index is 1.44. The van der Waals surface area contributed by atoms with E-state index in [0.717, 1.165) is 40.4 Å². The van der Waals surface area contributed by atoms with Crippen molar-refractivity contribution >= 4 is 27.5 Å². The zero-order valence-electron chi connectivity index (χ0n) is 18.5. The lowest BCUT2D eigenvalue weighted by Crippen LogP contribution is -2.42. The van der Waals surface area contributed by atoms with Gasteiger partial charge in [0.2, 0.25) is 21.8 Å². The summed E-state index contributed by atoms with van der Waals surface area (Å²) in [6, 6.07) is 14.4. The minimum atomic E-state index is -3.83. The van der Waals surface area contributed by atoms with Gasteiger partial charge in [-0.2, -0.15) is 4.31 Å². The zero-order valence-corrected chi connectivity index (χ0v) is 19.3. The molecule has 0 radical (unpaired) electrons. The number of carbonyl (C=O) groups is 2. The van der Waals surface area contributed by atoms with Crippen LogP contribution < -0.4 is 10.2 Å². The summed E-state index contributed by atoms with van der Waals surface area (Å²) in [4.78, 5) is 27.1. The molecule has 1 N–H and O–H groups in total. The largest absolute Gasteiger partial charge is 0.351 e. The molecular weight excluding hydrogens is 426 g/mol. The van der Waals surface area contributed by atoms with E-state index >= 15 is 0 Å². The average molecular weight is 456 g/mol. The highest BCUT2D eigenvalue weighted by Crippen LogP contribution is 2.38. The summed E-state index contributed by atoms with van der Waals surface area (Å²) in [5, 5.41) is 2.75. The van der Waals surface area contributed by atoms with Crippen molar-refractivity contribution in [2.24, 2.45) is 5.92 Å². The fraction of sp³-hybridized carbons (Fsp3) is 0.417. The van der Waals surface area contributed by atoms with Gasteiger partial charge in [-0.25, -0.2) is 8.42 Å². The molecule has 170 valence electrons. The number of sulfonamides is 1. The topological polar surface area (TPSA) is 86.8 Å². The number of carbonyl (C=O) groups excluding carboxylic acids is 2. The molecule has 0 spiro atoms. The molecule has 0 unspecified atom stereocenters. The minimum absolute atomic E-state index is 0.0116. The second-order valence-electron chi connectivity index (χ2n) is 8.70. The SMILES string of the molecule is C[C@H]1Cc2cc(S(=O)(=O)N(C)CC(=O)NCc3ccccc3)ccc2N1C(=O)C1CCC1. The summed E-state index contributed by atoms with van der Waals surface area (Å²) >= 11 is 0. The second-order valence-corrected chi connectivity index (χ2v) is 10.7. The predicted octanol–water partition coefficient (Wildman–Crippen LogP) is 2.70. The fourth-order valence-electron chi connectivity index (χ4n) is 4.28. The lowest BCUT2D eigenvalue weighted by atomic mass is 9.84. The first-order valence-electron chi connectivity index (χ1n) is 11.0. The number of nitrogens with one attached hydrogen (secondary N) is 1. The van der Waals surface area contributed by atoms with Gasteiger partial charge in [0.05, 0.1) is 11.4 Å². The van der Waals surface area contributed by atoms with Crippen LogP contribution in [-0.2, 0) is 32.6 Å². The number of rotatable bonds is 7. The summed E-state index contributed by atoms with van der Waals surface area (Å²) in [5.74, 6) is -0.135. The van der Waals surface area contributed by atoms with Gasteiger partial charge in [-0.15, -0.1) is 0 Å². The maximum atomic E-state index is 13.1. The van der Waals surface area contributed by atoms with Crippen LogP contribution in [0, 0.1) is 5.92 Å². The molecule has 1 aliphatic carbocycles. The third kappa shape index (κ3) is 4.42. The van der Waals surface area contributed by atoms with Crippen LogP contribution >= 0.6 is 0 Å². The van der Waals surface area contributed by atoms with Crippen molar-refractivity contribution in [3.63, 3.8) is 0 Å². The molecule has 7 nitrogen and oxygen atoms in total. The summed E-state index contributed by atoms with van der Waals surface area (Å²) in [5.41, 5.74) is 2.60. The maximum absolute atomic E-state index is 13.1. The van der Waals surface area contributed by atoms with Crippen LogP contribution in [0.1, 0.15) is 37.3 Å². The highest BCUT2D eigenvalue weighted by atomic mass is 32.2. The highest BCUT2D eigenvalue weighted by molar-refractivity contribution is 7.89. The fourth-order valence-corrected chi connectivity index (χ4v) is 5.45. The van der Waals surface area contributed by atoms with Crippen molar-refractivity contribution in [3.8, 4) is 0 Å². The standard InChI is InChI=1S/C24H29N3O4S/c1-17-13-20-14-21(11-12-22(20)27(17)24(29)19-9-6-10-19)32(30,31)26(2)16-23(28)25-15-18-7-4-3-5-8-18/h3-5,7-8,11-12,14,17,19H,6,9-10,13,15-16H2,1-2H3,(H,25,28)/t17-/m0/s1. The Bertz CT molecular complexity index is 1110. The molecule has 0 aromatic heterocycles. The van der Waals surface area contributed by atoms with Crippen LogP contribution in [0.25, 0.3) is 0 Å². The third-order valence-electron chi connectivity index (χ3n) is 6.37. The number of fused-ring (bicyclic) bond motifs is 1. The van der Waals surface area contributed by atoms with Gasteiger partial charge < -0.3 is 10.2 Å². The molecule has 8 heteroatoms. The van der Waals surface area contributed by atoms with Crippen molar-refractivity contribution in [2.75, 3.05) is 18.5 Å². The Morgan fingerprint density at radius 3 is 2.50 bits per heavy atom. The van der Waals surface area contributed by atoms with E-state index in [1.165, 1.54) is 13.1 Å². The van der Waals surface area contributed by atoms with Gasteiger partial charge in [0.1, 0.15) is 0 Å². The smallest absolute Gasteiger partial charge is 0.243 e. The van der Waals surface area contributed by atoms with E-state index in [4.69, 9.17) is 0 Å². The number of hydrogen-bond acceptors (Lipinski definition) is 4. The molecule has 2 amide bonds. The van der Waals surface area contributed by atoms with Crippen LogP contribution in [0.3, 0.4) is 0 Å². The van der Waals surface area contributed by atoms with E-state index in [1.54, 1.807) is 12.1 Å². The van der Waals surface area contributed by atoms with Gasteiger partial charge in [0, 0.05) is 31.2 Å². The van der Waals surface area contributed by atoms with E-state index in [9.17, 15) is 18.0 Å². The van der Waals surface area contributed by atoms with E-state index in [2.05, 4.69) is 5.32 Å².